The van der Waals surface area contributed by atoms with Gasteiger partial charge in [0.1, 0.15) is 11.6 Å². The maximum Gasteiger partial charge on any atom is 0.223 e. The Balaban J connectivity index is 2.12. The van der Waals surface area contributed by atoms with Crippen LogP contribution in [0.15, 0.2) is 18.2 Å². The molecule has 1 aliphatic carbocycles. The molecule has 0 bridgehead atoms. The van der Waals surface area contributed by atoms with E-state index in [1.807, 2.05) is 18.9 Å². The van der Waals surface area contributed by atoms with E-state index in [9.17, 15) is 27.1 Å². The lowest BCUT2D eigenvalue weighted by molar-refractivity contribution is -0.134. The molecule has 0 aromatic heterocycles. The van der Waals surface area contributed by atoms with Gasteiger partial charge in [0.05, 0.1) is 23.7 Å². The van der Waals surface area contributed by atoms with Gasteiger partial charge in [0.25, 0.3) is 0 Å². The van der Waals surface area contributed by atoms with E-state index in [1.54, 1.807) is 0 Å². The molecule has 1 saturated carbocycles. The number of unbranched alkanes of at least 4 members (excludes halogenated alkanes) is 1. The normalized spacial score (nSPS) is 16.4. The van der Waals surface area contributed by atoms with Gasteiger partial charge >= 0.3 is 0 Å². The quantitative estimate of drug-likeness (QED) is 0.489. The van der Waals surface area contributed by atoms with Crippen molar-refractivity contribution in [2.24, 2.45) is 0 Å². The Morgan fingerprint density at radius 2 is 1.77 bits per heavy atom. The summed E-state index contributed by atoms with van der Waals surface area (Å²) >= 11 is 0. The molecule has 1 amide bonds. The number of rotatable bonds is 13. The number of aliphatic hydroxyl groups excluding tert-OH is 1. The highest BCUT2D eigenvalue weighted by molar-refractivity contribution is 7.91. The molecule has 6 nitrogen and oxygen atoms in total. The minimum absolute atomic E-state index is 0.0430. The molecule has 0 unspecified atom stereocenters. The number of amides is 1. The molecular weight excluding hydrogens is 426 g/mol. The minimum Gasteiger partial charge on any atom is -0.390 e. The summed E-state index contributed by atoms with van der Waals surface area (Å²) in [5, 5.41) is 10.9. The largest absolute Gasteiger partial charge is 0.390 e. The molecule has 2 atom stereocenters. The molecule has 31 heavy (non-hydrogen) atoms. The number of carbonyl (C=O) groups excluding carboxylic acids is 1. The van der Waals surface area contributed by atoms with Crippen LogP contribution in [0, 0.1) is 11.6 Å². The van der Waals surface area contributed by atoms with Gasteiger partial charge in [-0.05, 0) is 50.4 Å². The monoisotopic (exact) mass is 460 g/mol. The van der Waals surface area contributed by atoms with Gasteiger partial charge in [0, 0.05) is 32.1 Å². The van der Waals surface area contributed by atoms with Gasteiger partial charge in [0.2, 0.25) is 5.91 Å². The molecular formula is C22H34F2N2O4S. The van der Waals surface area contributed by atoms with E-state index in [4.69, 9.17) is 0 Å². The second-order valence-electron chi connectivity index (χ2n) is 8.55. The van der Waals surface area contributed by atoms with Crippen LogP contribution < -0.4 is 0 Å². The van der Waals surface area contributed by atoms with Gasteiger partial charge in [-0.2, -0.15) is 0 Å². The van der Waals surface area contributed by atoms with Crippen molar-refractivity contribution in [2.75, 3.05) is 32.1 Å². The van der Waals surface area contributed by atoms with E-state index in [1.165, 1.54) is 24.1 Å². The average molecular weight is 461 g/mol. The van der Waals surface area contributed by atoms with E-state index in [-0.39, 0.29) is 24.3 Å². The fourth-order valence-electron chi connectivity index (χ4n) is 3.65. The van der Waals surface area contributed by atoms with Crippen molar-refractivity contribution < 1.29 is 27.1 Å². The highest BCUT2D eigenvalue weighted by atomic mass is 32.2. The van der Waals surface area contributed by atoms with Crippen LogP contribution in [-0.2, 0) is 21.1 Å². The fraction of sp³-hybridized carbons (Fsp3) is 0.682. The Bertz CT molecular complexity index is 826. The molecule has 0 saturated heterocycles. The topological polar surface area (TPSA) is 77.9 Å². The number of halogens is 2. The second-order valence-corrected chi connectivity index (χ2v) is 10.9. The summed E-state index contributed by atoms with van der Waals surface area (Å²) in [5.74, 6) is -2.09. The third-order valence-electron chi connectivity index (χ3n) is 5.78. The molecule has 2 rings (SSSR count). The summed E-state index contributed by atoms with van der Waals surface area (Å²) < 4.78 is 51.5. The van der Waals surface area contributed by atoms with E-state index >= 15 is 0 Å². The van der Waals surface area contributed by atoms with Crippen LogP contribution >= 0.6 is 0 Å². The molecule has 1 aromatic carbocycles. The number of hydrogen-bond donors (Lipinski definition) is 1. The summed E-state index contributed by atoms with van der Waals surface area (Å²) in [4.78, 5) is 16.1. The molecule has 0 spiro atoms. The standard InChI is InChI=1S/C22H34F2N2O4S/c1-4-5-9-31(29,30)10-8-22(28)26(3)20(21(27)15-25(2)19-6-7-19)13-16-11-17(23)14-18(24)12-16/h11-12,14,19-21,27H,4-10,13,15H2,1-3H3/t20-,21+/m0/s1. The molecule has 0 radical (unpaired) electrons. The first-order valence-corrected chi connectivity index (χ1v) is 12.6. The van der Waals surface area contributed by atoms with Crippen molar-refractivity contribution in [3.63, 3.8) is 0 Å². The molecule has 176 valence electrons. The van der Waals surface area contributed by atoms with Crippen molar-refractivity contribution >= 4 is 15.7 Å². The van der Waals surface area contributed by atoms with Crippen LogP contribution in [0.5, 0.6) is 0 Å². The first-order chi connectivity index (χ1) is 14.5. The fourth-order valence-corrected chi connectivity index (χ4v) is 5.07. The van der Waals surface area contributed by atoms with Crippen molar-refractivity contribution in [2.45, 2.75) is 63.6 Å². The van der Waals surface area contributed by atoms with Crippen molar-refractivity contribution in [1.82, 2.24) is 9.80 Å². The van der Waals surface area contributed by atoms with Crippen LogP contribution in [0.2, 0.25) is 0 Å². The average Bonchev–Trinajstić information content (AvgIpc) is 3.53. The minimum atomic E-state index is -3.33. The molecule has 1 N–H and O–H groups in total. The third kappa shape index (κ3) is 8.46. The SMILES string of the molecule is CCCCS(=O)(=O)CCC(=O)N(C)[C@@H](Cc1cc(F)cc(F)c1)[C@H](O)CN(C)C1CC1. The lowest BCUT2D eigenvalue weighted by atomic mass is 9.99. The molecule has 0 heterocycles. The highest BCUT2D eigenvalue weighted by Crippen LogP contribution is 2.26. The Kier molecular flexibility index (Phi) is 9.39. The summed E-state index contributed by atoms with van der Waals surface area (Å²) in [6.45, 7) is 2.20. The maximum atomic E-state index is 13.7. The van der Waals surface area contributed by atoms with Crippen LogP contribution in [-0.4, -0.2) is 79.6 Å². The van der Waals surface area contributed by atoms with E-state index in [0.29, 0.717) is 24.6 Å². The summed E-state index contributed by atoms with van der Waals surface area (Å²) in [5.41, 5.74) is 0.325. The van der Waals surface area contributed by atoms with Gasteiger partial charge < -0.3 is 14.9 Å². The number of benzene rings is 1. The van der Waals surface area contributed by atoms with E-state index in [0.717, 1.165) is 25.3 Å². The van der Waals surface area contributed by atoms with Crippen LogP contribution in [0.4, 0.5) is 8.78 Å². The number of aliphatic hydroxyl groups is 1. The van der Waals surface area contributed by atoms with E-state index in [2.05, 4.69) is 0 Å². The smallest absolute Gasteiger partial charge is 0.223 e. The number of likely N-dealkylation sites (N-methyl/N-ethyl adjacent to an activating group) is 2. The second kappa shape index (κ2) is 11.3. The van der Waals surface area contributed by atoms with Crippen LogP contribution in [0.3, 0.4) is 0 Å². The van der Waals surface area contributed by atoms with Crippen molar-refractivity contribution in [3.8, 4) is 0 Å². The number of carbonyl (C=O) groups is 1. The maximum absolute atomic E-state index is 13.7. The van der Waals surface area contributed by atoms with Gasteiger partial charge in [0.15, 0.2) is 9.84 Å². The Morgan fingerprint density at radius 1 is 1.16 bits per heavy atom. The number of sulfone groups is 1. The lowest BCUT2D eigenvalue weighted by Gasteiger charge is -2.34. The first kappa shape index (κ1) is 25.7. The van der Waals surface area contributed by atoms with Crippen LogP contribution in [0.1, 0.15) is 44.6 Å². The van der Waals surface area contributed by atoms with Gasteiger partial charge in [-0.15, -0.1) is 0 Å². The Morgan fingerprint density at radius 3 is 2.32 bits per heavy atom. The molecule has 1 fully saturated rings. The zero-order valence-electron chi connectivity index (χ0n) is 18.6. The van der Waals surface area contributed by atoms with Gasteiger partial charge in [-0.25, -0.2) is 17.2 Å². The predicted octanol–water partition coefficient (Wildman–Crippen LogP) is 2.39. The summed E-state index contributed by atoms with van der Waals surface area (Å²) in [6.07, 6.45) is 2.30. The molecule has 1 aromatic rings. The Labute approximate surface area is 184 Å². The van der Waals surface area contributed by atoms with Crippen LogP contribution in [0.25, 0.3) is 0 Å². The Hall–Kier alpha value is -1.58. The van der Waals surface area contributed by atoms with E-state index < -0.39 is 39.5 Å². The van der Waals surface area contributed by atoms with Crippen molar-refractivity contribution in [3.05, 3.63) is 35.4 Å². The molecule has 0 aliphatic heterocycles. The third-order valence-corrected chi connectivity index (χ3v) is 7.52. The van der Waals surface area contributed by atoms with Gasteiger partial charge in [-0.1, -0.05) is 13.3 Å². The lowest BCUT2D eigenvalue weighted by Crippen LogP contribution is -2.50. The van der Waals surface area contributed by atoms with Gasteiger partial charge in [-0.3, -0.25) is 4.79 Å². The summed E-state index contributed by atoms with van der Waals surface area (Å²) in [6, 6.07) is 2.79. The predicted molar refractivity (Wildman–Crippen MR) is 116 cm³/mol. The first-order valence-electron chi connectivity index (χ1n) is 10.8. The molecule has 9 heteroatoms. The highest BCUT2D eigenvalue weighted by Gasteiger charge is 2.33. The zero-order chi connectivity index (χ0) is 23.2. The van der Waals surface area contributed by atoms with Crippen molar-refractivity contribution in [1.29, 1.82) is 0 Å². The zero-order valence-corrected chi connectivity index (χ0v) is 19.4. The molecule has 1 aliphatic rings. The summed E-state index contributed by atoms with van der Waals surface area (Å²) in [7, 11) is 0.0647. The number of nitrogens with zero attached hydrogens (tertiary/aromatic N) is 2. The number of hydrogen-bond acceptors (Lipinski definition) is 5.